The molecule has 0 aliphatic rings. The van der Waals surface area contributed by atoms with Crippen LogP contribution in [-0.2, 0) is 0 Å². The summed E-state index contributed by atoms with van der Waals surface area (Å²) in [6.45, 7) is 5.62. The van der Waals surface area contributed by atoms with Gasteiger partial charge in [0.25, 0.3) is 0 Å². The predicted octanol–water partition coefficient (Wildman–Crippen LogP) is 2.61. The minimum Gasteiger partial charge on any atom is -0.372 e. The third-order valence-corrected chi connectivity index (χ3v) is 3.08. The van der Waals surface area contributed by atoms with Crippen LogP contribution in [-0.4, -0.2) is 4.57 Å². The Balaban J connectivity index is 3.11. The van der Waals surface area contributed by atoms with Crippen LogP contribution in [0.25, 0.3) is 10.9 Å². The lowest BCUT2D eigenvalue weighted by Crippen LogP contribution is -2.27. The Labute approximate surface area is 106 Å². The summed E-state index contributed by atoms with van der Waals surface area (Å²) >= 11 is 3.33. The van der Waals surface area contributed by atoms with Crippen LogP contribution in [0.2, 0.25) is 0 Å². The van der Waals surface area contributed by atoms with Crippen LogP contribution >= 0.6 is 15.9 Å². The maximum atomic E-state index is 11.7. The molecule has 2 rings (SSSR count). The molecule has 17 heavy (non-hydrogen) atoms. The molecule has 90 valence electrons. The van der Waals surface area contributed by atoms with E-state index in [1.807, 2.05) is 26.8 Å². The number of hydrogen-bond acceptors (Lipinski definition) is 3. The molecule has 0 aliphatic heterocycles. The summed E-state index contributed by atoms with van der Waals surface area (Å²) in [7, 11) is 0. The summed E-state index contributed by atoms with van der Waals surface area (Å²) in [5, 5.41) is 0.421. The number of aryl methyl sites for hydroxylation is 1. The van der Waals surface area contributed by atoms with Crippen molar-refractivity contribution in [2.24, 2.45) is 0 Å². The highest BCUT2D eigenvalue weighted by Gasteiger charge is 2.14. The Bertz CT molecular complexity index is 697. The van der Waals surface area contributed by atoms with E-state index in [1.165, 1.54) is 4.57 Å². The molecule has 1 heterocycles. The van der Waals surface area contributed by atoms with Crippen molar-refractivity contribution in [2.45, 2.75) is 26.8 Å². The minimum absolute atomic E-state index is 0.0609. The summed E-state index contributed by atoms with van der Waals surface area (Å²) in [6.07, 6.45) is 0. The smallest absolute Gasteiger partial charge is 0.372 e. The third kappa shape index (κ3) is 1.95. The second-order valence-electron chi connectivity index (χ2n) is 4.24. The highest BCUT2D eigenvalue weighted by molar-refractivity contribution is 9.10. The predicted molar refractivity (Wildman–Crippen MR) is 69.6 cm³/mol. The number of halogens is 1. The fourth-order valence-corrected chi connectivity index (χ4v) is 2.53. The van der Waals surface area contributed by atoms with E-state index in [-0.39, 0.29) is 6.04 Å². The number of fused-ring (bicyclic) bond motifs is 1. The molecule has 5 heteroatoms. The van der Waals surface area contributed by atoms with Crippen molar-refractivity contribution in [3.05, 3.63) is 43.1 Å². The zero-order chi connectivity index (χ0) is 12.7. The monoisotopic (exact) mass is 297 g/mol. The van der Waals surface area contributed by atoms with Crippen molar-refractivity contribution in [1.82, 2.24) is 4.57 Å². The lowest BCUT2D eigenvalue weighted by atomic mass is 10.1. The van der Waals surface area contributed by atoms with Crippen molar-refractivity contribution in [3.8, 4) is 0 Å². The summed E-state index contributed by atoms with van der Waals surface area (Å²) in [5.74, 6) is -0.608. The highest BCUT2D eigenvalue weighted by atomic mass is 79.9. The van der Waals surface area contributed by atoms with Crippen LogP contribution < -0.4 is 11.4 Å². The summed E-state index contributed by atoms with van der Waals surface area (Å²) < 4.78 is 7.02. The summed E-state index contributed by atoms with van der Waals surface area (Å²) in [4.78, 5) is 23.4. The van der Waals surface area contributed by atoms with Crippen molar-refractivity contribution < 1.29 is 4.42 Å². The average Bonchev–Trinajstić information content (AvgIpc) is 2.19. The highest BCUT2D eigenvalue weighted by Crippen LogP contribution is 2.22. The molecular weight excluding hydrogens is 286 g/mol. The molecule has 0 aliphatic carbocycles. The van der Waals surface area contributed by atoms with Gasteiger partial charge in [-0.3, -0.25) is 4.57 Å². The molecule has 0 fully saturated rings. The van der Waals surface area contributed by atoms with Crippen LogP contribution in [0, 0.1) is 6.92 Å². The maximum Gasteiger partial charge on any atom is 0.422 e. The van der Waals surface area contributed by atoms with E-state index in [4.69, 9.17) is 4.42 Å². The topological polar surface area (TPSA) is 52.2 Å². The Morgan fingerprint density at radius 3 is 2.53 bits per heavy atom. The molecular formula is C12H12BrNO3. The van der Waals surface area contributed by atoms with Gasteiger partial charge >= 0.3 is 11.4 Å². The van der Waals surface area contributed by atoms with E-state index in [0.29, 0.717) is 10.9 Å². The molecule has 0 amide bonds. The quantitative estimate of drug-likeness (QED) is 0.813. The molecule has 4 nitrogen and oxygen atoms in total. The van der Waals surface area contributed by atoms with Crippen molar-refractivity contribution in [3.63, 3.8) is 0 Å². The molecule has 1 aromatic carbocycles. The normalized spacial score (nSPS) is 11.4. The number of hydrogen-bond donors (Lipinski definition) is 0. The van der Waals surface area contributed by atoms with Gasteiger partial charge < -0.3 is 4.42 Å². The van der Waals surface area contributed by atoms with Gasteiger partial charge in [0.05, 0.1) is 10.9 Å². The number of aromatic nitrogens is 1. The molecule has 0 atom stereocenters. The summed E-state index contributed by atoms with van der Waals surface area (Å²) in [5.41, 5.74) is 0.920. The van der Waals surface area contributed by atoms with E-state index in [0.717, 1.165) is 10.0 Å². The van der Waals surface area contributed by atoms with E-state index in [2.05, 4.69) is 15.9 Å². The van der Waals surface area contributed by atoms with E-state index >= 15 is 0 Å². The van der Waals surface area contributed by atoms with Gasteiger partial charge in [0.1, 0.15) is 0 Å². The SMILES string of the molecule is Cc1cc(Br)cc2c(=O)oc(=O)n(C(C)C)c12. The van der Waals surface area contributed by atoms with Gasteiger partial charge in [-0.05, 0) is 38.5 Å². The second-order valence-corrected chi connectivity index (χ2v) is 5.15. The van der Waals surface area contributed by atoms with Crippen LogP contribution in [0.4, 0.5) is 0 Å². The van der Waals surface area contributed by atoms with Gasteiger partial charge in [-0.2, -0.15) is 0 Å². The van der Waals surface area contributed by atoms with Crippen LogP contribution in [0.3, 0.4) is 0 Å². The molecule has 0 unspecified atom stereocenters. The number of nitrogens with zero attached hydrogens (tertiary/aromatic N) is 1. The molecule has 0 saturated carbocycles. The standard InChI is InChI=1S/C12H12BrNO3/c1-6(2)14-10-7(3)4-8(13)5-9(10)11(15)17-12(14)16/h4-6H,1-3H3. The third-order valence-electron chi connectivity index (χ3n) is 2.62. The van der Waals surface area contributed by atoms with Crippen molar-refractivity contribution in [1.29, 1.82) is 0 Å². The first-order chi connectivity index (χ1) is 7.91. The van der Waals surface area contributed by atoms with Crippen LogP contribution in [0.1, 0.15) is 25.5 Å². The second kappa shape index (κ2) is 4.14. The Morgan fingerprint density at radius 1 is 1.29 bits per heavy atom. The molecule has 0 saturated heterocycles. The maximum absolute atomic E-state index is 11.7. The number of benzene rings is 1. The average molecular weight is 298 g/mol. The van der Waals surface area contributed by atoms with E-state index < -0.39 is 11.4 Å². The van der Waals surface area contributed by atoms with Crippen molar-refractivity contribution >= 4 is 26.8 Å². The first-order valence-corrected chi connectivity index (χ1v) is 6.06. The van der Waals surface area contributed by atoms with Crippen molar-refractivity contribution in [2.75, 3.05) is 0 Å². The number of rotatable bonds is 1. The Morgan fingerprint density at radius 2 is 1.94 bits per heavy atom. The van der Waals surface area contributed by atoms with Gasteiger partial charge in [0.2, 0.25) is 0 Å². The van der Waals surface area contributed by atoms with Gasteiger partial charge in [0, 0.05) is 10.5 Å². The largest absolute Gasteiger partial charge is 0.422 e. The lowest BCUT2D eigenvalue weighted by molar-refractivity contribution is 0.398. The first kappa shape index (κ1) is 12.1. The van der Waals surface area contributed by atoms with Gasteiger partial charge in [-0.25, -0.2) is 9.59 Å². The summed E-state index contributed by atoms with van der Waals surface area (Å²) in [6, 6.07) is 3.49. The Hall–Kier alpha value is -1.36. The zero-order valence-corrected chi connectivity index (χ0v) is 11.4. The molecule has 0 bridgehead atoms. The van der Waals surface area contributed by atoms with E-state index in [9.17, 15) is 9.59 Å². The van der Waals surface area contributed by atoms with Gasteiger partial charge in [0.15, 0.2) is 0 Å². The fraction of sp³-hybridized carbons (Fsp3) is 0.333. The first-order valence-electron chi connectivity index (χ1n) is 5.27. The zero-order valence-electron chi connectivity index (χ0n) is 9.78. The van der Waals surface area contributed by atoms with Crippen LogP contribution in [0.15, 0.2) is 30.6 Å². The van der Waals surface area contributed by atoms with Gasteiger partial charge in [-0.1, -0.05) is 15.9 Å². The van der Waals surface area contributed by atoms with Gasteiger partial charge in [-0.15, -0.1) is 0 Å². The molecule has 0 radical (unpaired) electrons. The molecule has 0 N–H and O–H groups in total. The lowest BCUT2D eigenvalue weighted by Gasteiger charge is -2.13. The molecule has 0 spiro atoms. The molecule has 2 aromatic rings. The Kier molecular flexibility index (Phi) is 2.95. The minimum atomic E-state index is -0.608. The van der Waals surface area contributed by atoms with Crippen LogP contribution in [0.5, 0.6) is 0 Å². The van der Waals surface area contributed by atoms with E-state index in [1.54, 1.807) is 6.07 Å². The fourth-order valence-electron chi connectivity index (χ4n) is 1.95. The molecule has 1 aromatic heterocycles.